The molecular formula is C24H35N5O4. The highest BCUT2D eigenvalue weighted by Crippen LogP contribution is 2.26. The van der Waals surface area contributed by atoms with E-state index in [4.69, 9.17) is 14.0 Å². The Labute approximate surface area is 195 Å². The molecule has 0 atom stereocenters. The van der Waals surface area contributed by atoms with Crippen molar-refractivity contribution in [1.82, 2.24) is 25.3 Å². The van der Waals surface area contributed by atoms with Gasteiger partial charge in [0, 0.05) is 39.1 Å². The highest BCUT2D eigenvalue weighted by atomic mass is 16.6. The number of hydrogen-bond acceptors (Lipinski definition) is 8. The van der Waals surface area contributed by atoms with Gasteiger partial charge in [0.1, 0.15) is 16.9 Å². The van der Waals surface area contributed by atoms with Crippen LogP contribution < -0.4 is 10.1 Å². The fourth-order valence-corrected chi connectivity index (χ4v) is 4.08. The molecule has 9 nitrogen and oxygen atoms in total. The van der Waals surface area contributed by atoms with Crippen molar-refractivity contribution >= 4 is 6.09 Å². The molecule has 1 N–H and O–H groups in total. The van der Waals surface area contributed by atoms with Gasteiger partial charge in [0.05, 0.1) is 13.2 Å². The lowest BCUT2D eigenvalue weighted by atomic mass is 10.1. The first kappa shape index (κ1) is 23.5. The summed E-state index contributed by atoms with van der Waals surface area (Å²) in [5, 5.41) is 6.91. The number of ether oxygens (including phenoxy) is 2. The van der Waals surface area contributed by atoms with Gasteiger partial charge in [0.2, 0.25) is 5.89 Å². The molecule has 1 aromatic heterocycles. The Hall–Kier alpha value is -2.65. The van der Waals surface area contributed by atoms with Crippen LogP contribution in [0.15, 0.2) is 22.7 Å². The van der Waals surface area contributed by atoms with Crippen molar-refractivity contribution in [2.24, 2.45) is 0 Å². The number of benzene rings is 1. The number of carbonyl (C=O) groups is 1. The molecule has 2 aliphatic rings. The normalized spacial score (nSPS) is 17.5. The number of piperazine rings is 1. The van der Waals surface area contributed by atoms with E-state index in [0.717, 1.165) is 51.5 Å². The van der Waals surface area contributed by atoms with Gasteiger partial charge in [-0.2, -0.15) is 4.98 Å². The first-order valence-corrected chi connectivity index (χ1v) is 11.6. The highest BCUT2D eigenvalue weighted by Gasteiger charge is 2.31. The summed E-state index contributed by atoms with van der Waals surface area (Å²) in [5.41, 5.74) is 1.29. The monoisotopic (exact) mass is 457 g/mol. The third kappa shape index (κ3) is 6.23. The summed E-state index contributed by atoms with van der Waals surface area (Å²) in [7, 11) is 0. The number of amides is 1. The minimum absolute atomic E-state index is 0.433. The van der Waals surface area contributed by atoms with Crippen molar-refractivity contribution in [3.63, 3.8) is 0 Å². The Kier molecular flexibility index (Phi) is 6.63. The molecular weight excluding hydrogens is 422 g/mol. The second-order valence-corrected chi connectivity index (χ2v) is 10.4. The lowest BCUT2D eigenvalue weighted by molar-refractivity contribution is 0.0465. The van der Waals surface area contributed by atoms with E-state index in [1.807, 2.05) is 34.6 Å². The number of carbonyl (C=O) groups excluding carboxylic acids is 1. The number of alkyl carbamates (subject to hydrolysis) is 1. The van der Waals surface area contributed by atoms with Crippen LogP contribution in [0, 0.1) is 0 Å². The molecule has 1 fully saturated rings. The van der Waals surface area contributed by atoms with E-state index in [1.165, 1.54) is 11.1 Å². The zero-order chi connectivity index (χ0) is 23.6. The Morgan fingerprint density at radius 2 is 1.79 bits per heavy atom. The lowest BCUT2D eigenvalue weighted by Gasteiger charge is -2.34. The van der Waals surface area contributed by atoms with Crippen molar-refractivity contribution < 1.29 is 18.8 Å². The van der Waals surface area contributed by atoms with E-state index < -0.39 is 17.2 Å². The Morgan fingerprint density at radius 1 is 1.09 bits per heavy atom. The molecule has 1 amide bonds. The van der Waals surface area contributed by atoms with Crippen LogP contribution in [0.5, 0.6) is 5.75 Å². The fourth-order valence-electron chi connectivity index (χ4n) is 4.08. The largest absolute Gasteiger partial charge is 0.493 e. The molecule has 1 saturated heterocycles. The minimum atomic E-state index is -0.802. The Morgan fingerprint density at radius 3 is 2.48 bits per heavy atom. The number of aromatic nitrogens is 2. The third-order valence-corrected chi connectivity index (χ3v) is 5.82. The molecule has 0 spiro atoms. The van der Waals surface area contributed by atoms with Crippen LogP contribution in [-0.4, -0.2) is 64.4 Å². The molecule has 4 rings (SSSR count). The molecule has 0 aliphatic carbocycles. The van der Waals surface area contributed by atoms with Gasteiger partial charge >= 0.3 is 6.09 Å². The summed E-state index contributed by atoms with van der Waals surface area (Å²) < 4.78 is 16.4. The summed E-state index contributed by atoms with van der Waals surface area (Å²) >= 11 is 0. The SMILES string of the molecule is CC(C)(C)OC(=O)NC(C)(C)c1noc(CN2CCN(Cc3ccc4c(c3)CCO4)CC2)n1. The number of nitrogens with zero attached hydrogens (tertiary/aromatic N) is 4. The molecule has 1 aromatic carbocycles. The summed E-state index contributed by atoms with van der Waals surface area (Å²) in [6.07, 6.45) is 0.499. The lowest BCUT2D eigenvalue weighted by Crippen LogP contribution is -2.45. The second kappa shape index (κ2) is 9.30. The molecule has 9 heteroatoms. The van der Waals surface area contributed by atoms with Gasteiger partial charge in [-0.3, -0.25) is 9.80 Å². The van der Waals surface area contributed by atoms with Crippen LogP contribution in [0.3, 0.4) is 0 Å². The average Bonchev–Trinajstić information content (AvgIpc) is 3.37. The van der Waals surface area contributed by atoms with E-state index in [2.05, 4.69) is 43.5 Å². The third-order valence-electron chi connectivity index (χ3n) is 5.82. The van der Waals surface area contributed by atoms with Crippen LogP contribution in [0.25, 0.3) is 0 Å². The van der Waals surface area contributed by atoms with Gasteiger partial charge < -0.3 is 19.3 Å². The van der Waals surface area contributed by atoms with Crippen LogP contribution in [0.1, 0.15) is 57.5 Å². The minimum Gasteiger partial charge on any atom is -0.493 e. The standard InChI is InChI=1S/C24H35N5O4/c1-23(2,3)32-22(30)26-24(4,5)21-25-20(33-27-21)16-29-11-9-28(10-12-29)15-17-6-7-19-18(14-17)8-13-31-19/h6-7,14H,8-13,15-16H2,1-5H3,(H,26,30). The van der Waals surface area contributed by atoms with E-state index in [0.29, 0.717) is 18.3 Å². The quantitative estimate of drug-likeness (QED) is 0.707. The number of hydrogen-bond donors (Lipinski definition) is 1. The van der Waals surface area contributed by atoms with E-state index in [9.17, 15) is 4.79 Å². The zero-order valence-corrected chi connectivity index (χ0v) is 20.3. The summed E-state index contributed by atoms with van der Waals surface area (Å²) in [5.74, 6) is 2.02. The molecule has 3 heterocycles. The molecule has 2 aliphatic heterocycles. The second-order valence-electron chi connectivity index (χ2n) is 10.4. The van der Waals surface area contributed by atoms with Gasteiger partial charge in [-0.15, -0.1) is 0 Å². The highest BCUT2D eigenvalue weighted by molar-refractivity contribution is 5.68. The molecule has 2 aromatic rings. The maximum atomic E-state index is 12.1. The first-order chi connectivity index (χ1) is 15.6. The first-order valence-electron chi connectivity index (χ1n) is 11.6. The smallest absolute Gasteiger partial charge is 0.408 e. The predicted octanol–water partition coefficient (Wildman–Crippen LogP) is 3.08. The maximum Gasteiger partial charge on any atom is 0.408 e. The zero-order valence-electron chi connectivity index (χ0n) is 20.3. The number of rotatable bonds is 6. The molecule has 0 bridgehead atoms. The molecule has 180 valence electrons. The number of nitrogens with one attached hydrogen (secondary N) is 1. The summed E-state index contributed by atoms with van der Waals surface area (Å²) in [6.45, 7) is 15.3. The van der Waals surface area contributed by atoms with E-state index in [-0.39, 0.29) is 0 Å². The van der Waals surface area contributed by atoms with Gasteiger partial charge in [0.25, 0.3) is 0 Å². The molecule has 0 saturated carbocycles. The van der Waals surface area contributed by atoms with Gasteiger partial charge in [-0.1, -0.05) is 17.3 Å². The van der Waals surface area contributed by atoms with Crippen LogP contribution in [-0.2, 0) is 29.8 Å². The van der Waals surface area contributed by atoms with Crippen LogP contribution in [0.2, 0.25) is 0 Å². The topological polar surface area (TPSA) is 93.0 Å². The predicted molar refractivity (Wildman–Crippen MR) is 123 cm³/mol. The Balaban J connectivity index is 1.26. The molecule has 0 unspecified atom stereocenters. The summed E-state index contributed by atoms with van der Waals surface area (Å²) in [4.78, 5) is 21.5. The van der Waals surface area contributed by atoms with Crippen LogP contribution in [0.4, 0.5) is 4.79 Å². The van der Waals surface area contributed by atoms with Crippen molar-refractivity contribution in [1.29, 1.82) is 0 Å². The average molecular weight is 458 g/mol. The van der Waals surface area contributed by atoms with E-state index >= 15 is 0 Å². The Bertz CT molecular complexity index is 973. The summed E-state index contributed by atoms with van der Waals surface area (Å²) in [6, 6.07) is 6.55. The van der Waals surface area contributed by atoms with Gasteiger partial charge in [0.15, 0.2) is 5.82 Å². The van der Waals surface area contributed by atoms with Crippen molar-refractivity contribution in [3.05, 3.63) is 41.0 Å². The van der Waals surface area contributed by atoms with Gasteiger partial charge in [-0.25, -0.2) is 4.79 Å². The van der Waals surface area contributed by atoms with E-state index in [1.54, 1.807) is 0 Å². The fraction of sp³-hybridized carbons (Fsp3) is 0.625. The maximum absolute atomic E-state index is 12.1. The molecule has 33 heavy (non-hydrogen) atoms. The van der Waals surface area contributed by atoms with Crippen molar-refractivity contribution in [3.8, 4) is 5.75 Å². The molecule has 0 radical (unpaired) electrons. The number of fused-ring (bicyclic) bond motifs is 1. The van der Waals surface area contributed by atoms with Gasteiger partial charge in [-0.05, 0) is 51.8 Å². The van der Waals surface area contributed by atoms with Crippen LogP contribution >= 0.6 is 0 Å². The van der Waals surface area contributed by atoms with Crippen molar-refractivity contribution in [2.45, 2.75) is 65.3 Å². The van der Waals surface area contributed by atoms with Crippen molar-refractivity contribution in [2.75, 3.05) is 32.8 Å².